The van der Waals surface area contributed by atoms with Crippen LogP contribution >= 0.6 is 0 Å². The quantitative estimate of drug-likeness (QED) is 0.796. The summed E-state index contributed by atoms with van der Waals surface area (Å²) < 4.78 is 5.47. The molecule has 0 saturated carbocycles. The zero-order chi connectivity index (χ0) is 17.2. The molecule has 5 heteroatoms. The lowest BCUT2D eigenvalue weighted by Gasteiger charge is -2.33. The standard InChI is InChI=1S/C19H29N3O2/c1-19(2,3)24-18(23)21-11-7-16(8-12-21)17-14-22(17)10-6-15-5-4-9-20-13-15/h4-5,9,13,16-17H,6-8,10-12,14H2,1-3H3/t17-,22?/m0/s1. The average molecular weight is 331 g/mol. The number of carbonyl (C=O) groups excluding carboxylic acids is 1. The minimum atomic E-state index is -0.409. The Bertz CT molecular complexity index is 547. The summed E-state index contributed by atoms with van der Waals surface area (Å²) in [5.41, 5.74) is 0.899. The lowest BCUT2D eigenvalue weighted by Crippen LogP contribution is -2.42. The molecule has 2 aliphatic rings. The summed E-state index contributed by atoms with van der Waals surface area (Å²) in [5, 5.41) is 0. The molecule has 0 aromatic carbocycles. The highest BCUT2D eigenvalue weighted by Gasteiger charge is 2.41. The van der Waals surface area contributed by atoms with Crippen LogP contribution in [0.25, 0.3) is 0 Å². The van der Waals surface area contributed by atoms with E-state index in [1.807, 2.05) is 44.1 Å². The molecule has 0 N–H and O–H groups in total. The number of likely N-dealkylation sites (tertiary alicyclic amines) is 1. The zero-order valence-electron chi connectivity index (χ0n) is 15.1. The lowest BCUT2D eigenvalue weighted by molar-refractivity contribution is 0.0179. The van der Waals surface area contributed by atoms with Gasteiger partial charge in [0.05, 0.1) is 0 Å². The highest BCUT2D eigenvalue weighted by Crippen LogP contribution is 2.33. The zero-order valence-corrected chi connectivity index (χ0v) is 15.1. The van der Waals surface area contributed by atoms with Crippen LogP contribution in [0.4, 0.5) is 4.79 Å². The molecule has 0 bridgehead atoms. The summed E-state index contributed by atoms with van der Waals surface area (Å²) in [6.45, 7) is 9.73. The number of hydrogen-bond donors (Lipinski definition) is 0. The Morgan fingerprint density at radius 1 is 1.33 bits per heavy atom. The van der Waals surface area contributed by atoms with Crippen molar-refractivity contribution in [2.45, 2.75) is 51.7 Å². The fourth-order valence-electron chi connectivity index (χ4n) is 3.51. The van der Waals surface area contributed by atoms with Gasteiger partial charge in [0.1, 0.15) is 5.60 Å². The predicted octanol–water partition coefficient (Wildman–Crippen LogP) is 2.96. The van der Waals surface area contributed by atoms with E-state index in [0.717, 1.165) is 44.8 Å². The SMILES string of the molecule is CC(C)(C)OC(=O)N1CCC([C@@H]2CN2CCc2cccnc2)CC1. The maximum absolute atomic E-state index is 12.1. The topological polar surface area (TPSA) is 45.4 Å². The first-order valence-corrected chi connectivity index (χ1v) is 9.03. The van der Waals surface area contributed by atoms with Crippen molar-refractivity contribution in [2.75, 3.05) is 26.2 Å². The molecule has 3 rings (SSSR count). The lowest BCUT2D eigenvalue weighted by atomic mass is 9.93. The van der Waals surface area contributed by atoms with E-state index in [4.69, 9.17) is 4.74 Å². The van der Waals surface area contributed by atoms with Crippen molar-refractivity contribution in [3.63, 3.8) is 0 Å². The van der Waals surface area contributed by atoms with Crippen molar-refractivity contribution in [3.05, 3.63) is 30.1 Å². The molecule has 2 atom stereocenters. The number of aromatic nitrogens is 1. The third-order valence-electron chi connectivity index (χ3n) is 4.90. The monoisotopic (exact) mass is 331 g/mol. The average Bonchev–Trinajstić information content (AvgIpc) is 3.32. The minimum Gasteiger partial charge on any atom is -0.444 e. The summed E-state index contributed by atoms with van der Waals surface area (Å²) >= 11 is 0. The van der Waals surface area contributed by atoms with Crippen LogP contribution in [0.5, 0.6) is 0 Å². The summed E-state index contributed by atoms with van der Waals surface area (Å²) in [6, 6.07) is 4.86. The number of piperidine rings is 1. The van der Waals surface area contributed by atoms with Crippen molar-refractivity contribution in [2.24, 2.45) is 5.92 Å². The van der Waals surface area contributed by atoms with Crippen LogP contribution in [0, 0.1) is 5.92 Å². The molecule has 1 aromatic heterocycles. The Morgan fingerprint density at radius 3 is 2.71 bits per heavy atom. The van der Waals surface area contributed by atoms with Crippen LogP contribution in [0.2, 0.25) is 0 Å². The predicted molar refractivity (Wildman–Crippen MR) is 93.8 cm³/mol. The summed E-state index contributed by atoms with van der Waals surface area (Å²) in [7, 11) is 0. The molecule has 2 fully saturated rings. The third kappa shape index (κ3) is 4.69. The van der Waals surface area contributed by atoms with E-state index in [-0.39, 0.29) is 6.09 Å². The Balaban J connectivity index is 1.38. The molecule has 1 aromatic rings. The van der Waals surface area contributed by atoms with Crippen LogP contribution in [-0.4, -0.2) is 58.7 Å². The Labute approximate surface area is 145 Å². The largest absolute Gasteiger partial charge is 0.444 e. The van der Waals surface area contributed by atoms with Gasteiger partial charge in [-0.15, -0.1) is 0 Å². The molecule has 0 radical (unpaired) electrons. The normalized spacial score (nSPS) is 24.7. The van der Waals surface area contributed by atoms with E-state index in [1.54, 1.807) is 0 Å². The second-order valence-corrected chi connectivity index (χ2v) is 7.98. The highest BCUT2D eigenvalue weighted by atomic mass is 16.6. The minimum absolute atomic E-state index is 0.162. The molecule has 0 spiro atoms. The summed E-state index contributed by atoms with van der Waals surface area (Å²) in [6.07, 6.45) is 6.87. The van der Waals surface area contributed by atoms with E-state index in [0.29, 0.717) is 6.04 Å². The number of hydrogen-bond acceptors (Lipinski definition) is 4. The smallest absolute Gasteiger partial charge is 0.410 e. The second kappa shape index (κ2) is 7.09. The van der Waals surface area contributed by atoms with Gasteiger partial charge in [-0.05, 0) is 57.6 Å². The van der Waals surface area contributed by atoms with Gasteiger partial charge in [-0.3, -0.25) is 9.88 Å². The van der Waals surface area contributed by atoms with Crippen molar-refractivity contribution in [1.29, 1.82) is 0 Å². The van der Waals surface area contributed by atoms with Crippen molar-refractivity contribution in [1.82, 2.24) is 14.8 Å². The Hall–Kier alpha value is -1.62. The summed E-state index contributed by atoms with van der Waals surface area (Å²) in [4.78, 5) is 20.7. The Kier molecular flexibility index (Phi) is 5.09. The van der Waals surface area contributed by atoms with Crippen LogP contribution in [0.3, 0.4) is 0 Å². The van der Waals surface area contributed by atoms with Crippen LogP contribution in [-0.2, 0) is 11.2 Å². The number of nitrogens with zero attached hydrogens (tertiary/aromatic N) is 3. The first-order valence-electron chi connectivity index (χ1n) is 9.03. The molecule has 3 heterocycles. The van der Waals surface area contributed by atoms with E-state index in [1.165, 1.54) is 12.1 Å². The van der Waals surface area contributed by atoms with Crippen molar-refractivity contribution < 1.29 is 9.53 Å². The van der Waals surface area contributed by atoms with Crippen LogP contribution < -0.4 is 0 Å². The molecule has 2 aliphatic heterocycles. The molecular formula is C19H29N3O2. The maximum atomic E-state index is 12.1. The molecular weight excluding hydrogens is 302 g/mol. The van der Waals surface area contributed by atoms with Gasteiger partial charge in [0.2, 0.25) is 0 Å². The first kappa shape index (κ1) is 17.2. The third-order valence-corrected chi connectivity index (χ3v) is 4.90. The maximum Gasteiger partial charge on any atom is 0.410 e. The van der Waals surface area contributed by atoms with E-state index in [9.17, 15) is 4.79 Å². The van der Waals surface area contributed by atoms with E-state index >= 15 is 0 Å². The Morgan fingerprint density at radius 2 is 2.08 bits per heavy atom. The van der Waals surface area contributed by atoms with Crippen molar-refractivity contribution >= 4 is 6.09 Å². The van der Waals surface area contributed by atoms with Gasteiger partial charge in [0, 0.05) is 44.6 Å². The molecule has 1 unspecified atom stereocenters. The van der Waals surface area contributed by atoms with Gasteiger partial charge in [0.25, 0.3) is 0 Å². The summed E-state index contributed by atoms with van der Waals surface area (Å²) in [5.74, 6) is 0.720. The number of ether oxygens (including phenoxy) is 1. The second-order valence-electron chi connectivity index (χ2n) is 7.98. The highest BCUT2D eigenvalue weighted by molar-refractivity contribution is 5.68. The number of amides is 1. The number of pyridine rings is 1. The van der Waals surface area contributed by atoms with Gasteiger partial charge in [-0.25, -0.2) is 4.79 Å². The van der Waals surface area contributed by atoms with Gasteiger partial charge >= 0.3 is 6.09 Å². The molecule has 24 heavy (non-hydrogen) atoms. The van der Waals surface area contributed by atoms with E-state index < -0.39 is 5.60 Å². The van der Waals surface area contributed by atoms with E-state index in [2.05, 4.69) is 16.0 Å². The van der Waals surface area contributed by atoms with Crippen LogP contribution in [0.1, 0.15) is 39.2 Å². The fourth-order valence-corrected chi connectivity index (χ4v) is 3.51. The molecule has 132 valence electrons. The molecule has 0 aliphatic carbocycles. The molecule has 2 saturated heterocycles. The van der Waals surface area contributed by atoms with Gasteiger partial charge < -0.3 is 9.64 Å². The van der Waals surface area contributed by atoms with Crippen molar-refractivity contribution in [3.8, 4) is 0 Å². The molecule has 5 nitrogen and oxygen atoms in total. The fraction of sp³-hybridized carbons (Fsp3) is 0.684. The van der Waals surface area contributed by atoms with Gasteiger partial charge in [-0.2, -0.15) is 0 Å². The van der Waals surface area contributed by atoms with Gasteiger partial charge in [-0.1, -0.05) is 6.07 Å². The number of carbonyl (C=O) groups is 1. The van der Waals surface area contributed by atoms with Gasteiger partial charge in [0.15, 0.2) is 0 Å². The number of rotatable bonds is 4. The van der Waals surface area contributed by atoms with Crippen LogP contribution in [0.15, 0.2) is 24.5 Å². The molecule has 1 amide bonds. The first-order chi connectivity index (χ1) is 11.4.